The summed E-state index contributed by atoms with van der Waals surface area (Å²) in [6.07, 6.45) is -2.15. The van der Waals surface area contributed by atoms with Gasteiger partial charge in [0.1, 0.15) is 17.2 Å². The van der Waals surface area contributed by atoms with E-state index in [-0.39, 0.29) is 5.56 Å². The quantitative estimate of drug-likeness (QED) is 0.790. The second-order valence-corrected chi connectivity index (χ2v) is 7.68. The number of rotatable bonds is 6. The van der Waals surface area contributed by atoms with Crippen LogP contribution >= 0.6 is 0 Å². The summed E-state index contributed by atoms with van der Waals surface area (Å²) in [5, 5.41) is 9.07. The first kappa shape index (κ1) is 18.3. The standard InChI is InChI=1S/C14H20F3NO2S/c1-13(2,3)21(20)18-14(9-15,12(17)8-19)10-6-4-5-7-11(10)16/h4-7,12,18-19H,8-9H2,1-3H3/t12-,14+,21+/m0/s1. The van der Waals surface area contributed by atoms with Gasteiger partial charge in [0.05, 0.1) is 6.61 Å². The van der Waals surface area contributed by atoms with Crippen LogP contribution in [0.5, 0.6) is 0 Å². The van der Waals surface area contributed by atoms with Crippen LogP contribution < -0.4 is 4.72 Å². The fourth-order valence-electron chi connectivity index (χ4n) is 1.77. The number of hydrogen-bond donors (Lipinski definition) is 2. The van der Waals surface area contributed by atoms with Gasteiger partial charge in [-0.25, -0.2) is 13.2 Å². The van der Waals surface area contributed by atoms with Gasteiger partial charge >= 0.3 is 0 Å². The molecule has 0 heterocycles. The molecule has 120 valence electrons. The van der Waals surface area contributed by atoms with Crippen molar-refractivity contribution in [2.24, 2.45) is 0 Å². The molecule has 0 radical (unpaired) electrons. The maximum atomic E-state index is 14.2. The van der Waals surface area contributed by atoms with E-state index in [1.165, 1.54) is 18.2 Å². The summed E-state index contributed by atoms with van der Waals surface area (Å²) >= 11 is -1.85. The Labute approximate surface area is 125 Å². The van der Waals surface area contributed by atoms with Gasteiger partial charge < -0.3 is 9.66 Å². The van der Waals surface area contributed by atoms with Crippen LogP contribution in [-0.4, -0.2) is 33.9 Å². The van der Waals surface area contributed by atoms with E-state index in [2.05, 4.69) is 4.72 Å². The first-order chi connectivity index (χ1) is 9.69. The molecule has 0 amide bonds. The highest BCUT2D eigenvalue weighted by atomic mass is 32.2. The maximum Gasteiger partial charge on any atom is 0.152 e. The Balaban J connectivity index is 3.33. The molecule has 1 aromatic rings. The molecule has 3 nitrogen and oxygen atoms in total. The Hall–Kier alpha value is -0.760. The van der Waals surface area contributed by atoms with Gasteiger partial charge in [-0.2, -0.15) is 0 Å². The van der Waals surface area contributed by atoms with Crippen LogP contribution in [0.25, 0.3) is 0 Å². The molecule has 0 spiro atoms. The normalized spacial score (nSPS) is 18.1. The van der Waals surface area contributed by atoms with Gasteiger partial charge in [-0.3, -0.25) is 0 Å². The molecule has 7 heteroatoms. The molecule has 1 aromatic carbocycles. The summed E-state index contributed by atoms with van der Waals surface area (Å²) in [5.41, 5.74) is -2.50. The number of benzene rings is 1. The van der Waals surface area contributed by atoms with E-state index < -0.39 is 46.9 Å². The highest BCUT2D eigenvalue weighted by Gasteiger charge is 2.48. The minimum Gasteiger partial charge on any atom is -0.598 e. The fourth-order valence-corrected chi connectivity index (χ4v) is 2.70. The Morgan fingerprint density at radius 3 is 2.33 bits per heavy atom. The summed E-state index contributed by atoms with van der Waals surface area (Å²) in [6.45, 7) is 2.48. The van der Waals surface area contributed by atoms with Crippen LogP contribution in [0.4, 0.5) is 13.2 Å². The van der Waals surface area contributed by atoms with Gasteiger partial charge in [0.15, 0.2) is 11.7 Å². The van der Waals surface area contributed by atoms with Crippen molar-refractivity contribution in [2.45, 2.75) is 37.2 Å². The molecular weight excluding hydrogens is 303 g/mol. The van der Waals surface area contributed by atoms with Gasteiger partial charge in [0.25, 0.3) is 0 Å². The van der Waals surface area contributed by atoms with Crippen LogP contribution in [-0.2, 0) is 16.9 Å². The van der Waals surface area contributed by atoms with Crippen LogP contribution in [0, 0.1) is 5.82 Å². The van der Waals surface area contributed by atoms with E-state index in [4.69, 9.17) is 5.11 Å². The molecule has 0 aliphatic heterocycles. The maximum absolute atomic E-state index is 14.2. The summed E-state index contributed by atoms with van der Waals surface area (Å²) < 4.78 is 55.6. The van der Waals surface area contributed by atoms with E-state index in [0.717, 1.165) is 6.07 Å². The van der Waals surface area contributed by atoms with E-state index in [0.29, 0.717) is 0 Å². The smallest absolute Gasteiger partial charge is 0.152 e. The Morgan fingerprint density at radius 2 is 1.90 bits per heavy atom. The third-order valence-corrected chi connectivity index (χ3v) is 4.75. The van der Waals surface area contributed by atoms with Crippen molar-refractivity contribution in [1.82, 2.24) is 4.72 Å². The van der Waals surface area contributed by atoms with Crippen molar-refractivity contribution < 1.29 is 22.8 Å². The second kappa shape index (κ2) is 7.00. The zero-order valence-corrected chi connectivity index (χ0v) is 13.0. The molecule has 1 rings (SSSR count). The highest BCUT2D eigenvalue weighted by molar-refractivity contribution is 7.90. The molecule has 0 saturated carbocycles. The number of hydrogen-bond acceptors (Lipinski definition) is 3. The lowest BCUT2D eigenvalue weighted by molar-refractivity contribution is 0.0731. The zero-order chi connectivity index (χ0) is 16.3. The van der Waals surface area contributed by atoms with Crippen molar-refractivity contribution in [3.8, 4) is 0 Å². The Bertz CT molecular complexity index is 470. The summed E-state index contributed by atoms with van der Waals surface area (Å²) in [5.74, 6) is -0.829. The van der Waals surface area contributed by atoms with Crippen molar-refractivity contribution >= 4 is 11.4 Å². The SMILES string of the molecule is CC(C)(C)[S@@+]([O-])N[C@](CF)(c1ccccc1F)[C@@H](F)CO. The molecule has 2 N–H and O–H groups in total. The van der Waals surface area contributed by atoms with Crippen LogP contribution in [0.2, 0.25) is 0 Å². The number of nitrogens with one attached hydrogen (secondary N) is 1. The number of aliphatic hydroxyl groups is 1. The highest BCUT2D eigenvalue weighted by Crippen LogP contribution is 2.33. The first-order valence-corrected chi connectivity index (χ1v) is 7.59. The van der Waals surface area contributed by atoms with Gasteiger partial charge in [-0.15, -0.1) is 4.72 Å². The van der Waals surface area contributed by atoms with E-state index in [1.807, 2.05) is 0 Å². The van der Waals surface area contributed by atoms with Crippen molar-refractivity contribution in [2.75, 3.05) is 13.3 Å². The van der Waals surface area contributed by atoms with E-state index >= 15 is 0 Å². The third kappa shape index (κ3) is 3.91. The van der Waals surface area contributed by atoms with Crippen molar-refractivity contribution in [1.29, 1.82) is 0 Å². The lowest BCUT2D eigenvalue weighted by atomic mass is 9.87. The minimum atomic E-state index is -2.20. The van der Waals surface area contributed by atoms with E-state index in [9.17, 15) is 17.7 Å². The van der Waals surface area contributed by atoms with E-state index in [1.54, 1.807) is 20.8 Å². The molecule has 3 atom stereocenters. The fraction of sp³-hybridized carbons (Fsp3) is 0.571. The second-order valence-electron chi connectivity index (χ2n) is 5.72. The van der Waals surface area contributed by atoms with Crippen LogP contribution in [0.3, 0.4) is 0 Å². The van der Waals surface area contributed by atoms with Crippen LogP contribution in [0.1, 0.15) is 26.3 Å². The Kier molecular flexibility index (Phi) is 6.10. The van der Waals surface area contributed by atoms with Crippen molar-refractivity contribution in [3.63, 3.8) is 0 Å². The molecule has 0 aromatic heterocycles. The van der Waals surface area contributed by atoms with Gasteiger partial charge in [0, 0.05) is 16.9 Å². The minimum absolute atomic E-state index is 0.299. The molecule has 0 fully saturated rings. The molecule has 21 heavy (non-hydrogen) atoms. The largest absolute Gasteiger partial charge is 0.598 e. The van der Waals surface area contributed by atoms with Gasteiger partial charge in [0.2, 0.25) is 0 Å². The zero-order valence-electron chi connectivity index (χ0n) is 12.2. The predicted octanol–water partition coefficient (Wildman–Crippen LogP) is 2.37. The molecule has 0 saturated heterocycles. The monoisotopic (exact) mass is 323 g/mol. The molecule has 0 aliphatic rings. The number of alkyl halides is 2. The average molecular weight is 323 g/mol. The number of aliphatic hydroxyl groups excluding tert-OH is 1. The predicted molar refractivity (Wildman–Crippen MR) is 77.1 cm³/mol. The van der Waals surface area contributed by atoms with Gasteiger partial charge in [-0.05, 0) is 26.8 Å². The molecule has 0 unspecified atom stereocenters. The Morgan fingerprint density at radius 1 is 1.33 bits per heavy atom. The van der Waals surface area contributed by atoms with Gasteiger partial charge in [-0.1, -0.05) is 18.2 Å². The lowest BCUT2D eigenvalue weighted by Crippen LogP contribution is -2.58. The number of halogens is 3. The van der Waals surface area contributed by atoms with Crippen molar-refractivity contribution in [3.05, 3.63) is 35.6 Å². The summed E-state index contributed by atoms with van der Waals surface area (Å²) in [4.78, 5) is 0. The topological polar surface area (TPSA) is 55.3 Å². The molecule has 0 aliphatic carbocycles. The lowest BCUT2D eigenvalue weighted by Gasteiger charge is -2.37. The molecular formula is C14H20F3NO2S. The first-order valence-electron chi connectivity index (χ1n) is 6.44. The average Bonchev–Trinajstić information content (AvgIpc) is 2.43. The third-order valence-electron chi connectivity index (χ3n) is 3.09. The summed E-state index contributed by atoms with van der Waals surface area (Å²) in [6, 6.07) is 5.08. The van der Waals surface area contributed by atoms with Crippen LogP contribution in [0.15, 0.2) is 24.3 Å². The molecule has 0 bridgehead atoms. The summed E-state index contributed by atoms with van der Waals surface area (Å²) in [7, 11) is 0.